The maximum atomic E-state index is 4.71. The van der Waals surface area contributed by atoms with Crippen molar-refractivity contribution in [1.29, 1.82) is 0 Å². The predicted octanol–water partition coefficient (Wildman–Crippen LogP) is 3.41. The maximum absolute atomic E-state index is 4.71. The van der Waals surface area contributed by atoms with E-state index in [4.69, 9.17) is 4.98 Å². The summed E-state index contributed by atoms with van der Waals surface area (Å²) in [5.41, 5.74) is 6.49. The van der Waals surface area contributed by atoms with Gasteiger partial charge in [0.15, 0.2) is 0 Å². The molecule has 0 aliphatic heterocycles. The second-order valence-corrected chi connectivity index (χ2v) is 4.94. The number of hydrogen-bond donors (Lipinski definition) is 1. The molecule has 1 N–H and O–H groups in total. The maximum Gasteiger partial charge on any atom is 0.109 e. The first-order valence-corrected chi connectivity index (χ1v) is 5.84. The summed E-state index contributed by atoms with van der Waals surface area (Å²) in [5, 5.41) is 0. The Bertz CT molecular complexity index is 550. The van der Waals surface area contributed by atoms with Crippen LogP contribution in [0.4, 0.5) is 0 Å². The van der Waals surface area contributed by atoms with Crippen LogP contribution in [0, 0.1) is 6.92 Å². The standard InChI is InChI=1S/C14H16N2/c1-8(2)14-15-12-7-10-6-9(3)4-5-11(10)13(12)16-14/h4-6,8H,7H2,1-3H3,(H,15,16). The molecule has 82 valence electrons. The van der Waals surface area contributed by atoms with E-state index >= 15 is 0 Å². The third-order valence-corrected chi connectivity index (χ3v) is 3.23. The van der Waals surface area contributed by atoms with Gasteiger partial charge in [0.05, 0.1) is 5.69 Å². The Morgan fingerprint density at radius 1 is 1.31 bits per heavy atom. The van der Waals surface area contributed by atoms with Crippen LogP contribution in [-0.4, -0.2) is 9.97 Å². The monoisotopic (exact) mass is 212 g/mol. The number of H-pyrrole nitrogens is 1. The quantitative estimate of drug-likeness (QED) is 0.658. The van der Waals surface area contributed by atoms with Gasteiger partial charge in [-0.2, -0.15) is 0 Å². The minimum atomic E-state index is 0.472. The molecule has 0 saturated heterocycles. The Morgan fingerprint density at radius 3 is 2.88 bits per heavy atom. The Labute approximate surface area is 95.7 Å². The van der Waals surface area contributed by atoms with Crippen molar-refractivity contribution in [2.24, 2.45) is 0 Å². The van der Waals surface area contributed by atoms with Crippen LogP contribution in [0.15, 0.2) is 18.2 Å². The van der Waals surface area contributed by atoms with Crippen LogP contribution >= 0.6 is 0 Å². The first-order chi connectivity index (χ1) is 7.65. The fraction of sp³-hybridized carbons (Fsp3) is 0.357. The van der Waals surface area contributed by atoms with E-state index in [2.05, 4.69) is 44.0 Å². The lowest BCUT2D eigenvalue weighted by molar-refractivity contribution is 0.789. The Hall–Kier alpha value is -1.57. The topological polar surface area (TPSA) is 28.7 Å². The number of nitrogens with zero attached hydrogens (tertiary/aromatic N) is 1. The second kappa shape index (κ2) is 3.21. The highest BCUT2D eigenvalue weighted by Gasteiger charge is 2.23. The first kappa shape index (κ1) is 9.64. The highest BCUT2D eigenvalue weighted by atomic mass is 14.9. The van der Waals surface area contributed by atoms with Gasteiger partial charge in [-0.05, 0) is 12.5 Å². The summed E-state index contributed by atoms with van der Waals surface area (Å²) < 4.78 is 0. The fourth-order valence-corrected chi connectivity index (χ4v) is 2.34. The molecule has 2 nitrogen and oxygen atoms in total. The molecule has 0 atom stereocenters. The number of nitrogens with one attached hydrogen (secondary N) is 1. The van der Waals surface area contributed by atoms with Gasteiger partial charge in [0.1, 0.15) is 5.82 Å². The van der Waals surface area contributed by atoms with Gasteiger partial charge in [-0.3, -0.25) is 0 Å². The summed E-state index contributed by atoms with van der Waals surface area (Å²) >= 11 is 0. The largest absolute Gasteiger partial charge is 0.345 e. The normalized spacial score (nSPS) is 13.0. The van der Waals surface area contributed by atoms with E-state index in [1.54, 1.807) is 0 Å². The number of hydrogen-bond acceptors (Lipinski definition) is 1. The van der Waals surface area contributed by atoms with Crippen molar-refractivity contribution in [3.63, 3.8) is 0 Å². The number of aromatic amines is 1. The van der Waals surface area contributed by atoms with Crippen LogP contribution in [0.1, 0.15) is 42.4 Å². The van der Waals surface area contributed by atoms with Crippen LogP contribution in [0.25, 0.3) is 11.3 Å². The van der Waals surface area contributed by atoms with Gasteiger partial charge in [-0.25, -0.2) is 4.98 Å². The number of aryl methyl sites for hydroxylation is 1. The van der Waals surface area contributed by atoms with E-state index in [0.717, 1.165) is 12.2 Å². The smallest absolute Gasteiger partial charge is 0.109 e. The van der Waals surface area contributed by atoms with Gasteiger partial charge >= 0.3 is 0 Å². The molecule has 0 bridgehead atoms. The SMILES string of the molecule is Cc1ccc2c(c1)Cc1[nH]c(C(C)C)nc1-2. The third kappa shape index (κ3) is 1.29. The number of fused-ring (bicyclic) bond motifs is 3. The van der Waals surface area contributed by atoms with Crippen LogP contribution in [0.5, 0.6) is 0 Å². The zero-order chi connectivity index (χ0) is 11.3. The molecule has 3 rings (SSSR count). The van der Waals surface area contributed by atoms with Crippen LogP contribution in [-0.2, 0) is 6.42 Å². The zero-order valence-corrected chi connectivity index (χ0v) is 9.96. The Balaban J connectivity index is 2.13. The summed E-state index contributed by atoms with van der Waals surface area (Å²) in [6, 6.07) is 6.62. The molecule has 1 aromatic heterocycles. The van der Waals surface area contributed by atoms with Crippen LogP contribution in [0.3, 0.4) is 0 Å². The molecule has 2 aromatic rings. The van der Waals surface area contributed by atoms with Crippen molar-refractivity contribution < 1.29 is 0 Å². The number of rotatable bonds is 1. The lowest BCUT2D eigenvalue weighted by Crippen LogP contribution is -1.92. The van der Waals surface area contributed by atoms with Gasteiger partial charge in [0.2, 0.25) is 0 Å². The highest BCUT2D eigenvalue weighted by Crippen LogP contribution is 2.36. The highest BCUT2D eigenvalue weighted by molar-refractivity contribution is 5.72. The van der Waals surface area contributed by atoms with E-state index in [1.165, 1.54) is 28.1 Å². The van der Waals surface area contributed by atoms with E-state index < -0.39 is 0 Å². The van der Waals surface area contributed by atoms with Gasteiger partial charge in [0.25, 0.3) is 0 Å². The van der Waals surface area contributed by atoms with Gasteiger partial charge in [-0.15, -0.1) is 0 Å². The van der Waals surface area contributed by atoms with Crippen LogP contribution in [0.2, 0.25) is 0 Å². The van der Waals surface area contributed by atoms with Crippen molar-refractivity contribution >= 4 is 0 Å². The second-order valence-electron chi connectivity index (χ2n) is 4.94. The first-order valence-electron chi connectivity index (χ1n) is 5.84. The molecule has 1 aliphatic carbocycles. The number of benzene rings is 1. The molecule has 16 heavy (non-hydrogen) atoms. The summed E-state index contributed by atoms with van der Waals surface area (Å²) in [5.74, 6) is 1.58. The van der Waals surface area contributed by atoms with Crippen molar-refractivity contribution in [2.75, 3.05) is 0 Å². The number of aromatic nitrogens is 2. The molecular formula is C14H16N2. The molecule has 0 fully saturated rings. The molecule has 0 unspecified atom stereocenters. The molecule has 1 aromatic carbocycles. The van der Waals surface area contributed by atoms with Gasteiger partial charge in [-0.1, -0.05) is 37.6 Å². The average molecular weight is 212 g/mol. The van der Waals surface area contributed by atoms with Crippen molar-refractivity contribution in [1.82, 2.24) is 9.97 Å². The van der Waals surface area contributed by atoms with Crippen molar-refractivity contribution in [2.45, 2.75) is 33.1 Å². The lowest BCUT2D eigenvalue weighted by atomic mass is 10.1. The molecule has 0 saturated carbocycles. The van der Waals surface area contributed by atoms with Crippen molar-refractivity contribution in [3.05, 3.63) is 40.8 Å². The number of imidazole rings is 1. The molecule has 2 heteroatoms. The van der Waals surface area contributed by atoms with Gasteiger partial charge < -0.3 is 4.98 Å². The van der Waals surface area contributed by atoms with E-state index in [1.807, 2.05) is 0 Å². The minimum absolute atomic E-state index is 0.472. The molecule has 1 heterocycles. The van der Waals surface area contributed by atoms with E-state index in [9.17, 15) is 0 Å². The van der Waals surface area contributed by atoms with E-state index in [-0.39, 0.29) is 0 Å². The van der Waals surface area contributed by atoms with Gasteiger partial charge in [0, 0.05) is 23.6 Å². The average Bonchev–Trinajstić information content (AvgIpc) is 2.73. The van der Waals surface area contributed by atoms with Crippen LogP contribution < -0.4 is 0 Å². The molecular weight excluding hydrogens is 196 g/mol. The predicted molar refractivity (Wildman–Crippen MR) is 65.7 cm³/mol. The molecule has 0 spiro atoms. The van der Waals surface area contributed by atoms with E-state index in [0.29, 0.717) is 5.92 Å². The molecule has 1 aliphatic rings. The molecule has 0 radical (unpaired) electrons. The Morgan fingerprint density at radius 2 is 2.12 bits per heavy atom. The summed E-state index contributed by atoms with van der Waals surface area (Å²) in [4.78, 5) is 8.15. The minimum Gasteiger partial charge on any atom is -0.345 e. The summed E-state index contributed by atoms with van der Waals surface area (Å²) in [6.07, 6.45) is 1.01. The third-order valence-electron chi connectivity index (χ3n) is 3.23. The summed E-state index contributed by atoms with van der Waals surface area (Å²) in [7, 11) is 0. The molecule has 0 amide bonds. The zero-order valence-electron chi connectivity index (χ0n) is 9.96. The lowest BCUT2D eigenvalue weighted by Gasteiger charge is -2.02. The fourth-order valence-electron chi connectivity index (χ4n) is 2.34. The van der Waals surface area contributed by atoms with Crippen molar-refractivity contribution in [3.8, 4) is 11.3 Å². The Kier molecular flexibility index (Phi) is 1.93. The summed E-state index contributed by atoms with van der Waals surface area (Å²) in [6.45, 7) is 6.48.